The molecule has 1 fully saturated rings. The van der Waals surface area contributed by atoms with Crippen LogP contribution in [0.4, 0.5) is 18.0 Å². The van der Waals surface area contributed by atoms with E-state index in [1.165, 1.54) is 18.2 Å². The highest BCUT2D eigenvalue weighted by Gasteiger charge is 2.50. The van der Waals surface area contributed by atoms with Crippen molar-refractivity contribution in [2.24, 2.45) is 11.7 Å². The molecule has 2 rings (SSSR count). The van der Waals surface area contributed by atoms with Crippen LogP contribution in [0.2, 0.25) is 10.0 Å². The molecule has 1 aromatic rings. The molecule has 1 amide bonds. The van der Waals surface area contributed by atoms with E-state index >= 15 is 0 Å². The van der Waals surface area contributed by atoms with Crippen LogP contribution in [0, 0.1) is 17.8 Å². The van der Waals surface area contributed by atoms with Crippen molar-refractivity contribution in [2.45, 2.75) is 24.6 Å². The smallest absolute Gasteiger partial charge is 0.425 e. The van der Waals surface area contributed by atoms with Crippen molar-refractivity contribution in [1.29, 1.82) is 0 Å². The molecule has 22 heavy (non-hydrogen) atoms. The summed E-state index contributed by atoms with van der Waals surface area (Å²) in [7, 11) is 0. The summed E-state index contributed by atoms with van der Waals surface area (Å²) >= 11 is 11.9. The summed E-state index contributed by atoms with van der Waals surface area (Å²) in [6.07, 6.45) is -4.92. The van der Waals surface area contributed by atoms with E-state index in [1.807, 2.05) is 5.92 Å². The van der Waals surface area contributed by atoms with Gasteiger partial charge in [0.1, 0.15) is 0 Å². The number of alkyl halides is 3. The number of carbonyl (C=O) groups is 1. The minimum absolute atomic E-state index is 0.0917. The first-order chi connectivity index (χ1) is 10.1. The first kappa shape index (κ1) is 16.8. The van der Waals surface area contributed by atoms with Gasteiger partial charge in [0.05, 0.1) is 0 Å². The third-order valence-electron chi connectivity index (χ3n) is 3.13. The van der Waals surface area contributed by atoms with Crippen LogP contribution in [0.1, 0.15) is 18.4 Å². The average molecular weight is 352 g/mol. The molecule has 8 heteroatoms. The number of hydrogen-bond acceptors (Lipinski definition) is 2. The zero-order valence-electron chi connectivity index (χ0n) is 11.0. The highest BCUT2D eigenvalue weighted by molar-refractivity contribution is 6.33. The number of carbonyl (C=O) groups excluding carboxylic acids is 1. The molecule has 0 radical (unpaired) electrons. The summed E-state index contributed by atoms with van der Waals surface area (Å²) in [5.41, 5.74) is 3.26. The van der Waals surface area contributed by atoms with Gasteiger partial charge in [-0.05, 0) is 37.0 Å². The van der Waals surface area contributed by atoms with E-state index in [2.05, 4.69) is 0 Å². The summed E-state index contributed by atoms with van der Waals surface area (Å²) in [5, 5.41) is 0.320. The van der Waals surface area contributed by atoms with Crippen LogP contribution in [0.15, 0.2) is 18.2 Å². The Morgan fingerprint density at radius 3 is 2.41 bits per heavy atom. The second kappa shape index (κ2) is 5.90. The molecule has 0 aromatic heterocycles. The number of hydrogen-bond donors (Lipinski definition) is 1. The van der Waals surface area contributed by atoms with E-state index in [4.69, 9.17) is 33.7 Å². The minimum Gasteiger partial charge on any atom is -0.425 e. The second-order valence-electron chi connectivity index (χ2n) is 4.80. The van der Waals surface area contributed by atoms with Gasteiger partial charge in [0.15, 0.2) is 0 Å². The van der Waals surface area contributed by atoms with E-state index < -0.39 is 23.8 Å². The van der Waals surface area contributed by atoms with E-state index in [9.17, 15) is 18.0 Å². The molecule has 3 nitrogen and oxygen atoms in total. The van der Waals surface area contributed by atoms with Crippen molar-refractivity contribution in [1.82, 2.24) is 0 Å². The fourth-order valence-electron chi connectivity index (χ4n) is 2.15. The molecule has 1 saturated carbocycles. The summed E-state index contributed by atoms with van der Waals surface area (Å²) in [5.74, 6) is 2.73. The summed E-state index contributed by atoms with van der Waals surface area (Å²) in [6, 6.07) is 4.19. The van der Waals surface area contributed by atoms with Gasteiger partial charge >= 0.3 is 12.3 Å². The Morgan fingerprint density at radius 2 is 1.91 bits per heavy atom. The van der Waals surface area contributed by atoms with Gasteiger partial charge in [-0.3, -0.25) is 0 Å². The number of nitrogens with two attached hydrogens (primary N) is 1. The van der Waals surface area contributed by atoms with E-state index in [1.54, 1.807) is 0 Å². The Balaban J connectivity index is 2.64. The average Bonchev–Trinajstić information content (AvgIpc) is 3.21. The standard InChI is InChI=1S/C14H10Cl2F3NO2/c15-9-3-4-11(16)10(7-9)13(8-1-2-8,22-12(20)21)5-6-14(17,18)19/h3-4,7-8H,1-2H2,(H2,20,21)/t13-/m1/s1. The Labute approximate surface area is 134 Å². The predicted molar refractivity (Wildman–Crippen MR) is 75.4 cm³/mol. The molecule has 0 unspecified atom stereocenters. The second-order valence-corrected chi connectivity index (χ2v) is 5.65. The van der Waals surface area contributed by atoms with Gasteiger partial charge in [-0.2, -0.15) is 13.2 Å². The number of primary amides is 1. The minimum atomic E-state index is -4.74. The molecule has 2 N–H and O–H groups in total. The van der Waals surface area contributed by atoms with Crippen LogP contribution in [-0.2, 0) is 10.3 Å². The monoisotopic (exact) mass is 351 g/mol. The molecular weight excluding hydrogens is 342 g/mol. The molecule has 0 saturated heterocycles. The van der Waals surface area contributed by atoms with Gasteiger partial charge in [0.2, 0.25) is 5.60 Å². The van der Waals surface area contributed by atoms with Crippen molar-refractivity contribution < 1.29 is 22.7 Å². The van der Waals surface area contributed by atoms with Gasteiger partial charge in [0.25, 0.3) is 0 Å². The summed E-state index contributed by atoms with van der Waals surface area (Å²) < 4.78 is 42.5. The lowest BCUT2D eigenvalue weighted by molar-refractivity contribution is -0.0706. The Bertz CT molecular complexity index is 662. The summed E-state index contributed by atoms with van der Waals surface area (Å²) in [6.45, 7) is 0. The van der Waals surface area contributed by atoms with Crippen LogP contribution in [0.5, 0.6) is 0 Å². The predicted octanol–water partition coefficient (Wildman–Crippen LogP) is 4.26. The first-order valence-corrected chi connectivity index (χ1v) is 6.95. The zero-order chi connectivity index (χ0) is 16.5. The lowest BCUT2D eigenvalue weighted by Gasteiger charge is -2.29. The van der Waals surface area contributed by atoms with Crippen LogP contribution in [0.25, 0.3) is 0 Å². The van der Waals surface area contributed by atoms with Gasteiger partial charge in [-0.1, -0.05) is 23.2 Å². The topological polar surface area (TPSA) is 52.3 Å². The maximum absolute atomic E-state index is 12.5. The molecule has 118 valence electrons. The molecule has 1 aliphatic carbocycles. The maximum atomic E-state index is 12.5. The molecule has 0 bridgehead atoms. The zero-order valence-corrected chi connectivity index (χ0v) is 12.5. The molecule has 1 aliphatic rings. The van der Waals surface area contributed by atoms with Crippen LogP contribution >= 0.6 is 23.2 Å². The van der Waals surface area contributed by atoms with Crippen molar-refractivity contribution in [2.75, 3.05) is 0 Å². The highest BCUT2D eigenvalue weighted by atomic mass is 35.5. The Kier molecular flexibility index (Phi) is 4.50. The molecule has 0 spiro atoms. The Morgan fingerprint density at radius 1 is 1.27 bits per heavy atom. The molecule has 1 aromatic carbocycles. The number of halogens is 5. The molecular formula is C14H10Cl2F3NO2. The third kappa shape index (κ3) is 3.79. The summed E-state index contributed by atoms with van der Waals surface area (Å²) in [4.78, 5) is 11.2. The van der Waals surface area contributed by atoms with Crippen LogP contribution in [0.3, 0.4) is 0 Å². The third-order valence-corrected chi connectivity index (χ3v) is 3.70. The lowest BCUT2D eigenvalue weighted by Crippen LogP contribution is -2.36. The van der Waals surface area contributed by atoms with E-state index in [-0.39, 0.29) is 15.6 Å². The molecule has 0 heterocycles. The number of rotatable bonds is 3. The van der Waals surface area contributed by atoms with Gasteiger partial charge in [-0.15, -0.1) is 0 Å². The van der Waals surface area contributed by atoms with E-state index in [0.717, 1.165) is 5.92 Å². The number of ether oxygens (including phenoxy) is 1. The maximum Gasteiger partial charge on any atom is 0.457 e. The largest absolute Gasteiger partial charge is 0.457 e. The fourth-order valence-corrected chi connectivity index (χ4v) is 2.58. The van der Waals surface area contributed by atoms with Gasteiger partial charge in [-0.25, -0.2) is 4.79 Å². The van der Waals surface area contributed by atoms with Crippen molar-refractivity contribution in [3.63, 3.8) is 0 Å². The van der Waals surface area contributed by atoms with Gasteiger partial charge < -0.3 is 10.5 Å². The normalized spacial score (nSPS) is 17.1. The van der Waals surface area contributed by atoms with Crippen LogP contribution in [-0.4, -0.2) is 12.3 Å². The fraction of sp³-hybridized carbons (Fsp3) is 0.357. The first-order valence-electron chi connectivity index (χ1n) is 6.19. The molecule has 1 atom stereocenters. The van der Waals surface area contributed by atoms with Crippen molar-refractivity contribution in [3.05, 3.63) is 33.8 Å². The number of benzene rings is 1. The van der Waals surface area contributed by atoms with Crippen molar-refractivity contribution >= 4 is 29.3 Å². The van der Waals surface area contributed by atoms with Gasteiger partial charge in [0, 0.05) is 27.4 Å². The molecule has 0 aliphatic heterocycles. The highest BCUT2D eigenvalue weighted by Crippen LogP contribution is 2.50. The quantitative estimate of drug-likeness (QED) is 0.827. The SMILES string of the molecule is NC(=O)O[C@@](C#CC(F)(F)F)(c1cc(Cl)ccc1Cl)C1CC1. The van der Waals surface area contributed by atoms with E-state index in [0.29, 0.717) is 12.8 Å². The van der Waals surface area contributed by atoms with Crippen LogP contribution < -0.4 is 5.73 Å². The van der Waals surface area contributed by atoms with Crippen molar-refractivity contribution in [3.8, 4) is 11.8 Å². The lowest BCUT2D eigenvalue weighted by atomic mass is 9.88. The number of amides is 1. The Hall–Kier alpha value is -1.58.